The molecule has 0 aromatic rings. The highest BCUT2D eigenvalue weighted by atomic mass is 16.3. The fourth-order valence-corrected chi connectivity index (χ4v) is 1.53. The zero-order valence-electron chi connectivity index (χ0n) is 9.30. The van der Waals surface area contributed by atoms with Gasteiger partial charge >= 0.3 is 0 Å². The average Bonchev–Trinajstić information content (AvgIpc) is 2.21. The first-order valence-corrected chi connectivity index (χ1v) is 5.87. The van der Waals surface area contributed by atoms with Crippen molar-refractivity contribution in [2.45, 2.75) is 70.8 Å². The number of unbranched alkanes of at least 4 members (excludes halogenated alkanes) is 7. The summed E-state index contributed by atoms with van der Waals surface area (Å²) in [6, 6.07) is 0. The molecular formula is C12H23O2. The maximum absolute atomic E-state index is 9.97. The van der Waals surface area contributed by atoms with Crippen LogP contribution in [0.1, 0.15) is 64.7 Å². The summed E-state index contributed by atoms with van der Waals surface area (Å²) in [6.45, 7) is 2.22. The van der Waals surface area contributed by atoms with Crippen molar-refractivity contribution in [2.24, 2.45) is 0 Å². The van der Waals surface area contributed by atoms with Gasteiger partial charge in [0.2, 0.25) is 6.29 Å². The molecule has 14 heavy (non-hydrogen) atoms. The molecule has 0 saturated carbocycles. The Kier molecular flexibility index (Phi) is 10.4. The zero-order valence-corrected chi connectivity index (χ0v) is 9.30. The van der Waals surface area contributed by atoms with Gasteiger partial charge in [-0.25, -0.2) is 0 Å². The standard InChI is InChI=1S/C12H23O2/c1-2-3-4-5-6-7-8-9-10-12(14)11-13/h12,14H,2-10H2,1H3. The minimum absolute atomic E-state index is 0.582. The number of carbonyl (C=O) groups excluding carboxylic acids is 1. The monoisotopic (exact) mass is 199 g/mol. The second kappa shape index (κ2) is 10.7. The Bertz CT molecular complexity index is 123. The first-order valence-electron chi connectivity index (χ1n) is 5.87. The minimum atomic E-state index is -0.852. The zero-order chi connectivity index (χ0) is 10.6. The van der Waals surface area contributed by atoms with E-state index in [1.165, 1.54) is 38.5 Å². The summed E-state index contributed by atoms with van der Waals surface area (Å²) in [6.07, 6.45) is 11.2. The van der Waals surface area contributed by atoms with Gasteiger partial charge in [0.15, 0.2) is 0 Å². The van der Waals surface area contributed by atoms with Crippen molar-refractivity contribution < 1.29 is 9.90 Å². The van der Waals surface area contributed by atoms with E-state index in [0.717, 1.165) is 12.8 Å². The Morgan fingerprint density at radius 3 is 2.00 bits per heavy atom. The smallest absolute Gasteiger partial charge is 0.229 e. The highest BCUT2D eigenvalue weighted by Crippen LogP contribution is 2.09. The quantitative estimate of drug-likeness (QED) is 0.549. The van der Waals surface area contributed by atoms with Crippen LogP contribution < -0.4 is 0 Å². The van der Waals surface area contributed by atoms with Gasteiger partial charge in [-0.15, -0.1) is 0 Å². The van der Waals surface area contributed by atoms with Crippen molar-refractivity contribution in [3.63, 3.8) is 0 Å². The van der Waals surface area contributed by atoms with Crippen LogP contribution in [0.3, 0.4) is 0 Å². The van der Waals surface area contributed by atoms with Crippen LogP contribution in [0, 0.1) is 0 Å². The molecule has 0 saturated heterocycles. The van der Waals surface area contributed by atoms with Crippen LogP contribution in [0.15, 0.2) is 0 Å². The molecule has 0 fully saturated rings. The summed E-state index contributed by atoms with van der Waals surface area (Å²) in [7, 11) is 0. The topological polar surface area (TPSA) is 37.3 Å². The number of aliphatic hydroxyl groups excluding tert-OH is 1. The first kappa shape index (κ1) is 13.6. The van der Waals surface area contributed by atoms with Crippen molar-refractivity contribution in [1.29, 1.82) is 0 Å². The average molecular weight is 199 g/mol. The number of hydrogen-bond acceptors (Lipinski definition) is 2. The van der Waals surface area contributed by atoms with Crippen molar-refractivity contribution in [1.82, 2.24) is 0 Å². The van der Waals surface area contributed by atoms with Crippen molar-refractivity contribution >= 4 is 6.29 Å². The fourth-order valence-electron chi connectivity index (χ4n) is 1.53. The van der Waals surface area contributed by atoms with Crippen LogP contribution in [-0.2, 0) is 4.79 Å². The van der Waals surface area contributed by atoms with E-state index in [1.54, 1.807) is 6.29 Å². The Labute approximate surface area is 87.7 Å². The van der Waals surface area contributed by atoms with Gasteiger partial charge < -0.3 is 5.11 Å². The molecule has 1 N–H and O–H groups in total. The van der Waals surface area contributed by atoms with E-state index in [2.05, 4.69) is 6.92 Å². The predicted molar refractivity (Wildman–Crippen MR) is 58.9 cm³/mol. The molecule has 0 aliphatic heterocycles. The van der Waals surface area contributed by atoms with E-state index in [4.69, 9.17) is 5.11 Å². The molecule has 1 unspecified atom stereocenters. The molecule has 0 aliphatic rings. The summed E-state index contributed by atoms with van der Waals surface area (Å²) in [5, 5.41) is 8.91. The number of aliphatic hydroxyl groups is 1. The molecule has 0 bridgehead atoms. The summed E-state index contributed by atoms with van der Waals surface area (Å²) in [5.41, 5.74) is 0. The molecule has 83 valence electrons. The van der Waals surface area contributed by atoms with E-state index in [1.807, 2.05) is 0 Å². The molecule has 2 heteroatoms. The third kappa shape index (κ3) is 9.72. The second-order valence-corrected chi connectivity index (χ2v) is 3.90. The first-order chi connectivity index (χ1) is 6.81. The summed E-state index contributed by atoms with van der Waals surface area (Å²) < 4.78 is 0. The third-order valence-electron chi connectivity index (χ3n) is 2.47. The lowest BCUT2D eigenvalue weighted by Gasteiger charge is -2.02. The molecule has 0 aromatic heterocycles. The SMILES string of the molecule is CCCCCCCCCCC(O)[C]=O. The Morgan fingerprint density at radius 2 is 1.50 bits per heavy atom. The second-order valence-electron chi connectivity index (χ2n) is 3.90. The minimum Gasteiger partial charge on any atom is -0.385 e. The van der Waals surface area contributed by atoms with Gasteiger partial charge in [0.25, 0.3) is 0 Å². The van der Waals surface area contributed by atoms with E-state index in [0.29, 0.717) is 6.42 Å². The molecular weight excluding hydrogens is 176 g/mol. The van der Waals surface area contributed by atoms with Crippen LogP contribution in [0.2, 0.25) is 0 Å². The van der Waals surface area contributed by atoms with Crippen LogP contribution in [-0.4, -0.2) is 17.5 Å². The van der Waals surface area contributed by atoms with E-state index >= 15 is 0 Å². The maximum Gasteiger partial charge on any atom is 0.229 e. The van der Waals surface area contributed by atoms with Gasteiger partial charge in [-0.3, -0.25) is 4.79 Å². The maximum atomic E-state index is 9.97. The van der Waals surface area contributed by atoms with Gasteiger partial charge in [-0.2, -0.15) is 0 Å². The summed E-state index contributed by atoms with van der Waals surface area (Å²) >= 11 is 0. The molecule has 0 rings (SSSR count). The Morgan fingerprint density at radius 1 is 1.00 bits per heavy atom. The van der Waals surface area contributed by atoms with Gasteiger partial charge in [0, 0.05) is 0 Å². The van der Waals surface area contributed by atoms with Crippen LogP contribution >= 0.6 is 0 Å². The summed E-state index contributed by atoms with van der Waals surface area (Å²) in [4.78, 5) is 9.97. The number of hydrogen-bond donors (Lipinski definition) is 1. The van der Waals surface area contributed by atoms with E-state index in [9.17, 15) is 4.79 Å². The molecule has 0 amide bonds. The highest BCUT2D eigenvalue weighted by Gasteiger charge is 2.01. The van der Waals surface area contributed by atoms with E-state index in [-0.39, 0.29) is 0 Å². The van der Waals surface area contributed by atoms with Gasteiger partial charge in [0.1, 0.15) is 6.10 Å². The van der Waals surface area contributed by atoms with Gasteiger partial charge in [-0.05, 0) is 6.42 Å². The third-order valence-corrected chi connectivity index (χ3v) is 2.47. The Hall–Kier alpha value is -0.370. The molecule has 1 radical (unpaired) electrons. The summed E-state index contributed by atoms with van der Waals surface area (Å²) in [5.74, 6) is 0. The van der Waals surface area contributed by atoms with E-state index < -0.39 is 6.10 Å². The molecule has 2 nitrogen and oxygen atoms in total. The fraction of sp³-hybridized carbons (Fsp3) is 0.917. The largest absolute Gasteiger partial charge is 0.385 e. The molecule has 1 atom stereocenters. The van der Waals surface area contributed by atoms with Crippen molar-refractivity contribution in [3.8, 4) is 0 Å². The molecule has 0 aromatic carbocycles. The van der Waals surface area contributed by atoms with Crippen molar-refractivity contribution in [2.75, 3.05) is 0 Å². The lowest BCUT2D eigenvalue weighted by Crippen LogP contribution is -2.06. The lowest BCUT2D eigenvalue weighted by atomic mass is 10.1. The normalized spacial score (nSPS) is 12.7. The number of rotatable bonds is 10. The van der Waals surface area contributed by atoms with Gasteiger partial charge in [-0.1, -0.05) is 58.3 Å². The van der Waals surface area contributed by atoms with Gasteiger partial charge in [0.05, 0.1) is 0 Å². The lowest BCUT2D eigenvalue weighted by molar-refractivity contribution is 0.219. The Balaban J connectivity index is 2.95. The predicted octanol–water partition coefficient (Wildman–Crippen LogP) is 2.99. The van der Waals surface area contributed by atoms with Crippen LogP contribution in [0.25, 0.3) is 0 Å². The van der Waals surface area contributed by atoms with Crippen molar-refractivity contribution in [3.05, 3.63) is 0 Å². The molecule has 0 heterocycles. The van der Waals surface area contributed by atoms with Crippen LogP contribution in [0.4, 0.5) is 0 Å². The highest BCUT2D eigenvalue weighted by molar-refractivity contribution is 5.56. The van der Waals surface area contributed by atoms with Crippen LogP contribution in [0.5, 0.6) is 0 Å². The molecule has 0 aliphatic carbocycles. The molecule has 0 spiro atoms.